The van der Waals surface area contributed by atoms with E-state index in [1.165, 1.54) is 12.4 Å². The van der Waals surface area contributed by atoms with Gasteiger partial charge in [0.1, 0.15) is 30.2 Å². The highest BCUT2D eigenvalue weighted by Gasteiger charge is 2.29. The highest BCUT2D eigenvalue weighted by atomic mass is 19.1. The molecule has 2 aromatic heterocycles. The molecule has 0 radical (unpaired) electrons. The van der Waals surface area contributed by atoms with E-state index in [9.17, 15) is 4.39 Å². The van der Waals surface area contributed by atoms with E-state index in [1.807, 2.05) is 46.0 Å². The lowest BCUT2D eigenvalue weighted by Crippen LogP contribution is -2.30. The van der Waals surface area contributed by atoms with Crippen LogP contribution in [0, 0.1) is 11.3 Å². The Bertz CT molecular complexity index is 950. The van der Waals surface area contributed by atoms with Gasteiger partial charge in [-0.2, -0.15) is 5.26 Å². The van der Waals surface area contributed by atoms with Gasteiger partial charge >= 0.3 is 0 Å². The van der Waals surface area contributed by atoms with E-state index < -0.39 is 12.2 Å². The van der Waals surface area contributed by atoms with Crippen molar-refractivity contribution in [2.75, 3.05) is 23.3 Å². The highest BCUT2D eigenvalue weighted by Crippen LogP contribution is 2.23. The lowest BCUT2D eigenvalue weighted by atomic mass is 10.2. The van der Waals surface area contributed by atoms with Crippen LogP contribution in [0.5, 0.6) is 0 Å². The number of nitrogens with two attached hydrogens (primary N) is 1. The second kappa shape index (κ2) is 7.01. The Labute approximate surface area is 155 Å². The molecule has 8 nitrogen and oxygen atoms in total. The second-order valence-corrected chi connectivity index (χ2v) is 6.29. The van der Waals surface area contributed by atoms with Gasteiger partial charge in [-0.3, -0.25) is 0 Å². The summed E-state index contributed by atoms with van der Waals surface area (Å²) in [5, 5.41) is 11.8. The Morgan fingerprint density at radius 2 is 1.85 bits per heavy atom. The Morgan fingerprint density at radius 3 is 2.48 bits per heavy atom. The van der Waals surface area contributed by atoms with Gasteiger partial charge in [-0.05, 0) is 24.3 Å². The summed E-state index contributed by atoms with van der Waals surface area (Å²) in [6, 6.07) is 9.26. The van der Waals surface area contributed by atoms with Crippen LogP contribution in [0.4, 0.5) is 21.7 Å². The third kappa shape index (κ3) is 3.56. The highest BCUT2D eigenvalue weighted by molar-refractivity contribution is 5.54. The van der Waals surface area contributed by atoms with Crippen molar-refractivity contribution in [2.24, 2.45) is 5.73 Å². The number of rotatable bonds is 4. The van der Waals surface area contributed by atoms with Crippen molar-refractivity contribution in [3.05, 3.63) is 54.9 Å². The number of aromatic nitrogens is 4. The number of alkyl halides is 1. The number of hydrogen-bond acceptors (Lipinski definition) is 7. The third-order valence-corrected chi connectivity index (χ3v) is 4.41. The van der Waals surface area contributed by atoms with Gasteiger partial charge in [0.15, 0.2) is 5.69 Å². The van der Waals surface area contributed by atoms with E-state index in [0.717, 1.165) is 11.4 Å². The molecule has 1 aromatic carbocycles. The summed E-state index contributed by atoms with van der Waals surface area (Å²) >= 11 is 0. The number of benzene rings is 1. The fraction of sp³-hybridized carbons (Fsp3) is 0.222. The van der Waals surface area contributed by atoms with Crippen LogP contribution in [0.2, 0.25) is 0 Å². The van der Waals surface area contributed by atoms with Crippen molar-refractivity contribution in [1.82, 2.24) is 19.5 Å². The third-order valence-electron chi connectivity index (χ3n) is 4.41. The average molecular weight is 364 g/mol. The van der Waals surface area contributed by atoms with Gasteiger partial charge in [-0.1, -0.05) is 0 Å². The second-order valence-electron chi connectivity index (χ2n) is 6.29. The Morgan fingerprint density at radius 1 is 1.07 bits per heavy atom. The number of hydrogen-bond donors (Lipinski definition) is 2. The first-order valence-electron chi connectivity index (χ1n) is 8.40. The molecule has 3 N–H and O–H groups in total. The van der Waals surface area contributed by atoms with Crippen LogP contribution >= 0.6 is 0 Å². The molecule has 0 spiro atoms. The predicted octanol–water partition coefficient (Wildman–Crippen LogP) is 1.76. The fourth-order valence-corrected chi connectivity index (χ4v) is 2.95. The van der Waals surface area contributed by atoms with Gasteiger partial charge in [-0.15, -0.1) is 0 Å². The van der Waals surface area contributed by atoms with E-state index in [2.05, 4.69) is 20.3 Å². The monoisotopic (exact) mass is 364 g/mol. The maximum Gasteiger partial charge on any atom is 0.158 e. The molecular formula is C18H17FN8. The molecule has 1 fully saturated rings. The van der Waals surface area contributed by atoms with E-state index in [1.54, 1.807) is 6.33 Å². The number of anilines is 3. The summed E-state index contributed by atoms with van der Waals surface area (Å²) in [4.78, 5) is 14.3. The molecule has 1 aliphatic rings. The first-order chi connectivity index (χ1) is 13.1. The van der Waals surface area contributed by atoms with Crippen LogP contribution in [0.1, 0.15) is 5.69 Å². The zero-order chi connectivity index (χ0) is 18.8. The molecule has 1 aliphatic heterocycles. The van der Waals surface area contributed by atoms with Crippen LogP contribution in [-0.2, 0) is 0 Å². The summed E-state index contributed by atoms with van der Waals surface area (Å²) in [6.45, 7) is 0.844. The van der Waals surface area contributed by atoms with Crippen molar-refractivity contribution >= 4 is 17.3 Å². The summed E-state index contributed by atoms with van der Waals surface area (Å²) < 4.78 is 15.5. The smallest absolute Gasteiger partial charge is 0.158 e. The van der Waals surface area contributed by atoms with Crippen molar-refractivity contribution in [3.8, 4) is 11.8 Å². The van der Waals surface area contributed by atoms with Gasteiger partial charge in [0.2, 0.25) is 0 Å². The average Bonchev–Trinajstić information content (AvgIpc) is 3.29. The fourth-order valence-electron chi connectivity index (χ4n) is 2.95. The number of nitrogens with zero attached hydrogens (tertiary/aromatic N) is 6. The quantitative estimate of drug-likeness (QED) is 0.726. The number of imidazole rings is 1. The minimum Gasteiger partial charge on any atom is -0.367 e. The van der Waals surface area contributed by atoms with E-state index in [0.29, 0.717) is 24.7 Å². The van der Waals surface area contributed by atoms with Crippen molar-refractivity contribution in [3.63, 3.8) is 0 Å². The molecule has 9 heteroatoms. The van der Waals surface area contributed by atoms with Gasteiger partial charge in [0.25, 0.3) is 0 Å². The minimum atomic E-state index is -0.989. The van der Waals surface area contributed by atoms with E-state index in [-0.39, 0.29) is 5.69 Å². The van der Waals surface area contributed by atoms with Gasteiger partial charge in [0.05, 0.1) is 31.2 Å². The zero-order valence-electron chi connectivity index (χ0n) is 14.3. The lowest BCUT2D eigenvalue weighted by molar-refractivity contribution is 0.333. The zero-order valence-corrected chi connectivity index (χ0v) is 14.3. The first-order valence-corrected chi connectivity index (χ1v) is 8.40. The van der Waals surface area contributed by atoms with Crippen LogP contribution in [-0.4, -0.2) is 44.8 Å². The first kappa shape index (κ1) is 16.9. The molecule has 1 saturated heterocycles. The van der Waals surface area contributed by atoms with Gasteiger partial charge in [-0.25, -0.2) is 19.3 Å². The molecule has 0 aliphatic carbocycles. The SMILES string of the molecule is N#Cc1cnc(Nc2cn(-c3ccc(N4C[C@@H](F)[C@@H](N)C4)cc3)cn2)cn1. The normalized spacial score (nSPS) is 19.1. The number of nitrogens with one attached hydrogen (secondary N) is 1. The van der Waals surface area contributed by atoms with Crippen LogP contribution < -0.4 is 16.0 Å². The molecule has 4 rings (SSSR count). The summed E-state index contributed by atoms with van der Waals surface area (Å²) in [7, 11) is 0. The molecule has 2 atom stereocenters. The Balaban J connectivity index is 1.45. The molecular weight excluding hydrogens is 347 g/mol. The maximum atomic E-state index is 13.6. The number of halogens is 1. The molecule has 136 valence electrons. The van der Waals surface area contributed by atoms with E-state index >= 15 is 0 Å². The molecule has 0 saturated carbocycles. The van der Waals surface area contributed by atoms with Crippen LogP contribution in [0.15, 0.2) is 49.2 Å². The molecule has 27 heavy (non-hydrogen) atoms. The van der Waals surface area contributed by atoms with Crippen molar-refractivity contribution < 1.29 is 4.39 Å². The molecule has 0 amide bonds. The molecule has 3 aromatic rings. The minimum absolute atomic E-state index is 0.254. The number of nitriles is 1. The van der Waals surface area contributed by atoms with Crippen LogP contribution in [0.25, 0.3) is 5.69 Å². The van der Waals surface area contributed by atoms with E-state index in [4.69, 9.17) is 11.0 Å². The molecule has 3 heterocycles. The summed E-state index contributed by atoms with van der Waals surface area (Å²) in [5.74, 6) is 1.10. The predicted molar refractivity (Wildman–Crippen MR) is 98.7 cm³/mol. The lowest BCUT2D eigenvalue weighted by Gasteiger charge is -2.18. The van der Waals surface area contributed by atoms with Crippen LogP contribution in [0.3, 0.4) is 0 Å². The summed E-state index contributed by atoms with van der Waals surface area (Å²) in [6.07, 6.45) is 5.38. The molecule has 0 unspecified atom stereocenters. The maximum absolute atomic E-state index is 13.6. The Hall–Kier alpha value is -3.51. The van der Waals surface area contributed by atoms with Crippen molar-refractivity contribution in [2.45, 2.75) is 12.2 Å². The summed E-state index contributed by atoms with van der Waals surface area (Å²) in [5.41, 5.74) is 7.87. The molecule has 0 bridgehead atoms. The van der Waals surface area contributed by atoms with Crippen molar-refractivity contribution in [1.29, 1.82) is 5.26 Å². The van der Waals surface area contributed by atoms with Gasteiger partial charge in [0, 0.05) is 17.9 Å². The standard InChI is InChI=1S/C18H17FN8/c19-15-8-26(9-16(15)21)13-1-3-14(4-2-13)27-10-18(24-11-27)25-17-7-22-12(5-20)6-23-17/h1-4,6-7,10-11,15-16H,8-9,21H2,(H,23,25)/t15-,16+/m1/s1. The Kier molecular flexibility index (Phi) is 4.40. The topological polar surface area (TPSA) is 109 Å². The van der Waals surface area contributed by atoms with Gasteiger partial charge < -0.3 is 20.5 Å². The largest absolute Gasteiger partial charge is 0.367 e.